The van der Waals surface area contributed by atoms with Gasteiger partial charge in [-0.1, -0.05) is 30.3 Å². The number of aryl methyl sites for hydroxylation is 1. The number of nitrogens with zero attached hydrogens (tertiary/aromatic N) is 2. The second kappa shape index (κ2) is 11.0. The number of carbonyl (C=O) groups is 4. The third-order valence-corrected chi connectivity index (χ3v) is 5.25. The second-order valence-electron chi connectivity index (χ2n) is 7.67. The first kappa shape index (κ1) is 23.6. The van der Waals surface area contributed by atoms with Crippen LogP contribution < -0.4 is 5.32 Å². The van der Waals surface area contributed by atoms with Crippen LogP contribution >= 0.6 is 0 Å². The van der Waals surface area contributed by atoms with Gasteiger partial charge in [-0.05, 0) is 30.5 Å². The molecule has 0 bridgehead atoms. The molecule has 9 nitrogen and oxygen atoms in total. The largest absolute Gasteiger partial charge is 0.511 e. The van der Waals surface area contributed by atoms with E-state index in [0.717, 1.165) is 17.7 Å². The number of aromatic nitrogens is 1. The third kappa shape index (κ3) is 6.49. The van der Waals surface area contributed by atoms with Crippen molar-refractivity contribution in [2.45, 2.75) is 32.2 Å². The van der Waals surface area contributed by atoms with Crippen LogP contribution in [0, 0.1) is 0 Å². The lowest BCUT2D eigenvalue weighted by atomic mass is 10.0. The molecule has 0 saturated carbocycles. The topological polar surface area (TPSA) is 137 Å². The van der Waals surface area contributed by atoms with Gasteiger partial charge in [0, 0.05) is 43.4 Å². The zero-order valence-electron chi connectivity index (χ0n) is 18.0. The van der Waals surface area contributed by atoms with Gasteiger partial charge in [0.2, 0.25) is 0 Å². The Hall–Kier alpha value is -4.01. The molecule has 1 aliphatic heterocycles. The molecule has 1 aromatic carbocycles. The van der Waals surface area contributed by atoms with Gasteiger partial charge in [0.05, 0.1) is 0 Å². The van der Waals surface area contributed by atoms with Crippen LogP contribution in [0.15, 0.2) is 60.0 Å². The van der Waals surface area contributed by atoms with Gasteiger partial charge in [0.1, 0.15) is 17.9 Å². The number of amides is 2. The maximum absolute atomic E-state index is 12.7. The summed E-state index contributed by atoms with van der Waals surface area (Å²) in [7, 11) is 0. The number of carboxylic acid groups (broad SMARTS) is 1. The average Bonchev–Trinajstić information content (AvgIpc) is 2.80. The number of pyridine rings is 1. The van der Waals surface area contributed by atoms with Crippen molar-refractivity contribution in [3.8, 4) is 0 Å². The molecule has 0 saturated heterocycles. The number of nitrogens with one attached hydrogen (secondary N) is 1. The summed E-state index contributed by atoms with van der Waals surface area (Å²) in [6.45, 7) is -0.245. The third-order valence-electron chi connectivity index (χ3n) is 5.25. The van der Waals surface area contributed by atoms with Gasteiger partial charge in [-0.25, -0.2) is 0 Å². The van der Waals surface area contributed by atoms with Crippen molar-refractivity contribution < 1.29 is 29.4 Å². The van der Waals surface area contributed by atoms with E-state index in [-0.39, 0.29) is 31.1 Å². The molecule has 0 atom stereocenters. The highest BCUT2D eigenvalue weighted by Crippen LogP contribution is 2.20. The number of hydrogen-bond acceptors (Lipinski definition) is 6. The number of rotatable bonds is 10. The molecule has 0 radical (unpaired) electrons. The summed E-state index contributed by atoms with van der Waals surface area (Å²) in [4.78, 5) is 53.5. The number of benzene rings is 1. The maximum Gasteiger partial charge on any atom is 0.322 e. The van der Waals surface area contributed by atoms with E-state index in [4.69, 9.17) is 5.11 Å². The van der Waals surface area contributed by atoms with Crippen LogP contribution in [0.3, 0.4) is 0 Å². The molecule has 0 spiro atoms. The summed E-state index contributed by atoms with van der Waals surface area (Å²) in [5, 5.41) is 20.8. The molecule has 2 heterocycles. The zero-order chi connectivity index (χ0) is 23.8. The number of aliphatic hydroxyl groups is 1. The highest BCUT2D eigenvalue weighted by atomic mass is 16.4. The predicted molar refractivity (Wildman–Crippen MR) is 118 cm³/mol. The zero-order valence-corrected chi connectivity index (χ0v) is 18.0. The number of ketones is 1. The Labute approximate surface area is 190 Å². The van der Waals surface area contributed by atoms with Crippen LogP contribution in [-0.2, 0) is 27.3 Å². The van der Waals surface area contributed by atoms with Gasteiger partial charge in [-0.15, -0.1) is 0 Å². The van der Waals surface area contributed by atoms with E-state index in [1.54, 1.807) is 30.5 Å². The molecule has 1 aromatic heterocycles. The number of carbonyl (C=O) groups excluding carboxylic acids is 3. The van der Waals surface area contributed by atoms with Crippen molar-refractivity contribution in [2.24, 2.45) is 0 Å². The first-order chi connectivity index (χ1) is 15.8. The number of hydrogen-bond donors (Lipinski definition) is 3. The summed E-state index contributed by atoms with van der Waals surface area (Å²) in [6.07, 6.45) is 3.65. The molecule has 2 aromatic rings. The fourth-order valence-electron chi connectivity index (χ4n) is 3.51. The fourth-order valence-corrected chi connectivity index (χ4v) is 3.51. The van der Waals surface area contributed by atoms with E-state index in [2.05, 4.69) is 10.3 Å². The van der Waals surface area contributed by atoms with E-state index >= 15 is 0 Å². The highest BCUT2D eigenvalue weighted by molar-refractivity contribution is 6.19. The summed E-state index contributed by atoms with van der Waals surface area (Å²) >= 11 is 0. The van der Waals surface area contributed by atoms with Crippen LogP contribution in [0.5, 0.6) is 0 Å². The number of carboxylic acids is 1. The van der Waals surface area contributed by atoms with Gasteiger partial charge in [0.25, 0.3) is 11.8 Å². The minimum absolute atomic E-state index is 0.0248. The lowest BCUT2D eigenvalue weighted by Gasteiger charge is -2.28. The number of aliphatic carboxylic acids is 1. The fraction of sp³-hybridized carbons (Fsp3) is 0.292. The lowest BCUT2D eigenvalue weighted by Crippen LogP contribution is -2.43. The van der Waals surface area contributed by atoms with Crippen LogP contribution in [0.1, 0.15) is 40.9 Å². The molecule has 33 heavy (non-hydrogen) atoms. The Morgan fingerprint density at radius 1 is 1.09 bits per heavy atom. The highest BCUT2D eigenvalue weighted by Gasteiger charge is 2.32. The Kier molecular flexibility index (Phi) is 7.91. The van der Waals surface area contributed by atoms with Gasteiger partial charge < -0.3 is 20.4 Å². The minimum atomic E-state index is -1.25. The molecule has 3 N–H and O–H groups in total. The Balaban J connectivity index is 1.55. The number of aliphatic hydroxyl groups excluding tert-OH is 1. The molecule has 0 aliphatic carbocycles. The van der Waals surface area contributed by atoms with Gasteiger partial charge in [0.15, 0.2) is 5.78 Å². The van der Waals surface area contributed by atoms with Crippen molar-refractivity contribution in [1.82, 2.24) is 15.2 Å². The van der Waals surface area contributed by atoms with Crippen molar-refractivity contribution in [3.05, 3.63) is 76.8 Å². The molecule has 3 rings (SSSR count). The molecule has 1 aliphatic rings. The predicted octanol–water partition coefficient (Wildman–Crippen LogP) is 2.03. The summed E-state index contributed by atoms with van der Waals surface area (Å²) in [5.41, 5.74) is 1.85. The standard InChI is InChI=1S/C24H25N3O6/c28-19(6-3-5-18-4-1-2-12-25-18)17-9-7-16(8-10-17)15-27-13-11-20(29)22(24(27)33)23(32)26-14-21(30)31/h1-2,4,7-10,12,29H,3,5-6,11,13-15H2,(H,26,32)(H,30,31). The summed E-state index contributed by atoms with van der Waals surface area (Å²) < 4.78 is 0. The van der Waals surface area contributed by atoms with E-state index in [1.165, 1.54) is 4.90 Å². The van der Waals surface area contributed by atoms with Gasteiger partial charge in [-0.3, -0.25) is 24.2 Å². The van der Waals surface area contributed by atoms with Crippen LogP contribution in [0.2, 0.25) is 0 Å². The summed E-state index contributed by atoms with van der Waals surface area (Å²) in [6, 6.07) is 12.6. The second-order valence-corrected chi connectivity index (χ2v) is 7.67. The van der Waals surface area contributed by atoms with E-state index in [1.807, 2.05) is 18.2 Å². The Morgan fingerprint density at radius 3 is 2.52 bits per heavy atom. The Bertz CT molecular complexity index is 1060. The lowest BCUT2D eigenvalue weighted by molar-refractivity contribution is -0.138. The van der Waals surface area contributed by atoms with Crippen LogP contribution in [0.25, 0.3) is 0 Å². The maximum atomic E-state index is 12.7. The molecule has 2 amide bonds. The van der Waals surface area contributed by atoms with Crippen molar-refractivity contribution in [3.63, 3.8) is 0 Å². The average molecular weight is 451 g/mol. The molecule has 172 valence electrons. The molecular weight excluding hydrogens is 426 g/mol. The van der Waals surface area contributed by atoms with Gasteiger partial charge in [-0.2, -0.15) is 0 Å². The SMILES string of the molecule is O=C(O)CNC(=O)C1=C(O)CCN(Cc2ccc(C(=O)CCCc3ccccn3)cc2)C1=O. The van der Waals surface area contributed by atoms with Crippen molar-refractivity contribution in [1.29, 1.82) is 0 Å². The molecule has 0 unspecified atom stereocenters. The van der Waals surface area contributed by atoms with Gasteiger partial charge >= 0.3 is 5.97 Å². The first-order valence-electron chi connectivity index (χ1n) is 10.6. The van der Waals surface area contributed by atoms with Crippen LogP contribution in [-0.4, -0.2) is 56.8 Å². The molecule has 9 heteroatoms. The summed E-state index contributed by atoms with van der Waals surface area (Å²) in [5.74, 6) is -3.18. The van der Waals surface area contributed by atoms with Crippen molar-refractivity contribution in [2.75, 3.05) is 13.1 Å². The Morgan fingerprint density at radius 2 is 1.85 bits per heavy atom. The quantitative estimate of drug-likeness (QED) is 0.371. The first-order valence-corrected chi connectivity index (χ1v) is 10.6. The molecular formula is C24H25N3O6. The number of Topliss-reactive ketones (excluding diaryl/α,β-unsaturated/α-hetero) is 1. The van der Waals surface area contributed by atoms with Crippen molar-refractivity contribution >= 4 is 23.6 Å². The van der Waals surface area contributed by atoms with E-state index in [9.17, 15) is 24.3 Å². The molecule has 0 fully saturated rings. The van der Waals surface area contributed by atoms with Crippen LogP contribution in [0.4, 0.5) is 0 Å². The smallest absolute Gasteiger partial charge is 0.322 e. The monoisotopic (exact) mass is 451 g/mol. The normalized spacial score (nSPS) is 13.7. The minimum Gasteiger partial charge on any atom is -0.511 e. The van der Waals surface area contributed by atoms with E-state index in [0.29, 0.717) is 18.4 Å². The van der Waals surface area contributed by atoms with E-state index < -0.39 is 29.9 Å².